The van der Waals surface area contributed by atoms with Crippen LogP contribution in [0.3, 0.4) is 0 Å². The van der Waals surface area contributed by atoms with Crippen molar-refractivity contribution in [1.82, 2.24) is 19.5 Å². The fourth-order valence-corrected chi connectivity index (χ4v) is 2.71. The van der Waals surface area contributed by atoms with Crippen molar-refractivity contribution in [2.24, 2.45) is 7.05 Å². The van der Waals surface area contributed by atoms with E-state index in [0.717, 1.165) is 5.56 Å². The van der Waals surface area contributed by atoms with Gasteiger partial charge < -0.3 is 5.32 Å². The van der Waals surface area contributed by atoms with Gasteiger partial charge in [0.25, 0.3) is 0 Å². The summed E-state index contributed by atoms with van der Waals surface area (Å²) in [4.78, 5) is 4.23. The maximum atomic E-state index is 12.2. The maximum Gasteiger partial charge on any atom is 0.241 e. The van der Waals surface area contributed by atoms with Crippen molar-refractivity contribution < 1.29 is 8.42 Å². The van der Waals surface area contributed by atoms with E-state index >= 15 is 0 Å². The van der Waals surface area contributed by atoms with Crippen molar-refractivity contribution in [3.63, 3.8) is 0 Å². The van der Waals surface area contributed by atoms with Crippen LogP contribution in [-0.4, -0.2) is 29.7 Å². The van der Waals surface area contributed by atoms with Crippen LogP contribution in [0.25, 0.3) is 0 Å². The molecule has 0 aromatic carbocycles. The van der Waals surface area contributed by atoms with E-state index in [1.807, 2.05) is 6.92 Å². The van der Waals surface area contributed by atoms with E-state index in [-0.39, 0.29) is 11.4 Å². The zero-order valence-corrected chi connectivity index (χ0v) is 12.2. The van der Waals surface area contributed by atoms with Crippen molar-refractivity contribution >= 4 is 15.8 Å². The Morgan fingerprint density at radius 2 is 2.20 bits per heavy atom. The van der Waals surface area contributed by atoms with Crippen LogP contribution < -0.4 is 10.0 Å². The van der Waals surface area contributed by atoms with Crippen LogP contribution in [0.2, 0.25) is 0 Å². The zero-order valence-electron chi connectivity index (χ0n) is 11.4. The highest BCUT2D eigenvalue weighted by Crippen LogP contribution is 2.13. The Labute approximate surface area is 118 Å². The van der Waals surface area contributed by atoms with Crippen LogP contribution in [0.1, 0.15) is 12.5 Å². The highest BCUT2D eigenvalue weighted by molar-refractivity contribution is 7.89. The molecule has 0 unspecified atom stereocenters. The first kappa shape index (κ1) is 14.5. The first-order valence-corrected chi connectivity index (χ1v) is 7.66. The lowest BCUT2D eigenvalue weighted by molar-refractivity contribution is 0.581. The predicted molar refractivity (Wildman–Crippen MR) is 75.6 cm³/mol. The minimum atomic E-state index is -3.56. The van der Waals surface area contributed by atoms with Gasteiger partial charge in [0.05, 0.1) is 11.1 Å². The van der Waals surface area contributed by atoms with E-state index < -0.39 is 10.0 Å². The summed E-state index contributed by atoms with van der Waals surface area (Å²) < 4.78 is 28.5. The minimum absolute atomic E-state index is 0.187. The first-order chi connectivity index (χ1) is 9.51. The topological polar surface area (TPSA) is 88.9 Å². The third-order valence-electron chi connectivity index (χ3n) is 2.62. The molecule has 2 heterocycles. The van der Waals surface area contributed by atoms with Gasteiger partial charge >= 0.3 is 0 Å². The molecule has 2 aromatic rings. The summed E-state index contributed by atoms with van der Waals surface area (Å²) in [6.45, 7) is 2.80. The van der Waals surface area contributed by atoms with Gasteiger partial charge in [-0.1, -0.05) is 0 Å². The summed E-state index contributed by atoms with van der Waals surface area (Å²) in [6.07, 6.45) is 4.86. The molecule has 0 saturated heterocycles. The number of aryl methyl sites for hydroxylation is 1. The number of hydrogen-bond donors (Lipinski definition) is 2. The van der Waals surface area contributed by atoms with Crippen LogP contribution in [-0.2, 0) is 23.6 Å². The van der Waals surface area contributed by atoms with E-state index in [0.29, 0.717) is 12.4 Å². The standard InChI is InChI=1S/C12H17N5O2S/c1-3-13-12-6-11(4-5-14-12)20(18,19)16-8-10-7-15-17(2)9-10/h4-7,9,16H,3,8H2,1-2H3,(H,13,14). The van der Waals surface area contributed by atoms with Gasteiger partial charge in [-0.2, -0.15) is 5.10 Å². The molecule has 0 amide bonds. The number of sulfonamides is 1. The molecule has 0 atom stereocenters. The highest BCUT2D eigenvalue weighted by atomic mass is 32.2. The smallest absolute Gasteiger partial charge is 0.241 e. The monoisotopic (exact) mass is 295 g/mol. The Morgan fingerprint density at radius 3 is 2.85 bits per heavy atom. The fourth-order valence-electron chi connectivity index (χ4n) is 1.68. The number of nitrogens with zero attached hydrogens (tertiary/aromatic N) is 3. The second-order valence-corrected chi connectivity index (χ2v) is 6.02. The SMILES string of the molecule is CCNc1cc(S(=O)(=O)NCc2cnn(C)c2)ccn1. The number of anilines is 1. The quantitative estimate of drug-likeness (QED) is 0.820. The van der Waals surface area contributed by atoms with Gasteiger partial charge in [-0.25, -0.2) is 18.1 Å². The molecule has 20 heavy (non-hydrogen) atoms. The lowest BCUT2D eigenvalue weighted by Crippen LogP contribution is -2.23. The second kappa shape index (κ2) is 6.02. The van der Waals surface area contributed by atoms with Crippen molar-refractivity contribution in [2.45, 2.75) is 18.4 Å². The van der Waals surface area contributed by atoms with E-state index in [1.54, 1.807) is 24.1 Å². The third kappa shape index (κ3) is 3.55. The number of rotatable bonds is 6. The lowest BCUT2D eigenvalue weighted by Gasteiger charge is -2.07. The van der Waals surface area contributed by atoms with Crippen LogP contribution >= 0.6 is 0 Å². The summed E-state index contributed by atoms with van der Waals surface area (Å²) >= 11 is 0. The van der Waals surface area contributed by atoms with Crippen molar-refractivity contribution in [2.75, 3.05) is 11.9 Å². The molecule has 0 aliphatic heterocycles. The number of pyridine rings is 1. The van der Waals surface area contributed by atoms with Gasteiger partial charge in [0, 0.05) is 44.2 Å². The van der Waals surface area contributed by atoms with Crippen molar-refractivity contribution in [1.29, 1.82) is 0 Å². The molecule has 0 fully saturated rings. The molecular formula is C12H17N5O2S. The van der Waals surface area contributed by atoms with E-state index in [2.05, 4.69) is 20.1 Å². The lowest BCUT2D eigenvalue weighted by atomic mass is 10.4. The molecule has 0 saturated carbocycles. The largest absolute Gasteiger partial charge is 0.370 e. The molecule has 0 radical (unpaired) electrons. The molecule has 0 aliphatic rings. The van der Waals surface area contributed by atoms with Gasteiger partial charge in [0.1, 0.15) is 5.82 Å². The molecule has 0 aliphatic carbocycles. The van der Waals surface area contributed by atoms with Crippen molar-refractivity contribution in [3.05, 3.63) is 36.3 Å². The van der Waals surface area contributed by atoms with Crippen LogP contribution in [0.15, 0.2) is 35.6 Å². The number of nitrogens with one attached hydrogen (secondary N) is 2. The molecule has 108 valence electrons. The first-order valence-electron chi connectivity index (χ1n) is 6.18. The maximum absolute atomic E-state index is 12.2. The molecule has 2 aromatic heterocycles. The predicted octanol–water partition coefficient (Wildman–Crippen LogP) is 0.725. The molecule has 2 rings (SSSR count). The normalized spacial score (nSPS) is 11.5. The highest BCUT2D eigenvalue weighted by Gasteiger charge is 2.14. The van der Waals surface area contributed by atoms with Crippen LogP contribution in [0.4, 0.5) is 5.82 Å². The third-order valence-corrected chi connectivity index (χ3v) is 4.02. The number of aromatic nitrogens is 3. The Morgan fingerprint density at radius 1 is 1.40 bits per heavy atom. The minimum Gasteiger partial charge on any atom is -0.370 e. The Bertz CT molecular complexity index is 681. The van der Waals surface area contributed by atoms with Gasteiger partial charge in [-0.15, -0.1) is 0 Å². The molecule has 2 N–H and O–H groups in total. The van der Waals surface area contributed by atoms with Gasteiger partial charge in [0.15, 0.2) is 0 Å². The molecule has 8 heteroatoms. The summed E-state index contributed by atoms with van der Waals surface area (Å²) in [7, 11) is -1.78. The average Bonchev–Trinajstić information content (AvgIpc) is 2.83. The second-order valence-electron chi connectivity index (χ2n) is 4.25. The number of hydrogen-bond acceptors (Lipinski definition) is 5. The summed E-state index contributed by atoms with van der Waals surface area (Å²) in [6, 6.07) is 2.97. The summed E-state index contributed by atoms with van der Waals surface area (Å²) in [5, 5.41) is 6.97. The Balaban J connectivity index is 2.11. The Hall–Kier alpha value is -1.93. The van der Waals surface area contributed by atoms with Crippen LogP contribution in [0, 0.1) is 0 Å². The average molecular weight is 295 g/mol. The van der Waals surface area contributed by atoms with Gasteiger partial charge in [-0.05, 0) is 13.0 Å². The zero-order chi connectivity index (χ0) is 14.6. The summed E-state index contributed by atoms with van der Waals surface area (Å²) in [5.41, 5.74) is 0.803. The van der Waals surface area contributed by atoms with E-state index in [4.69, 9.17) is 0 Å². The molecule has 0 bridgehead atoms. The van der Waals surface area contributed by atoms with E-state index in [1.165, 1.54) is 18.3 Å². The fraction of sp³-hybridized carbons (Fsp3) is 0.333. The van der Waals surface area contributed by atoms with Crippen molar-refractivity contribution in [3.8, 4) is 0 Å². The van der Waals surface area contributed by atoms with Crippen LogP contribution in [0.5, 0.6) is 0 Å². The van der Waals surface area contributed by atoms with Gasteiger partial charge in [0.2, 0.25) is 10.0 Å². The van der Waals surface area contributed by atoms with Gasteiger partial charge in [-0.3, -0.25) is 4.68 Å². The molecule has 0 spiro atoms. The Kier molecular flexibility index (Phi) is 4.35. The molecule has 7 nitrogen and oxygen atoms in total. The molecular weight excluding hydrogens is 278 g/mol. The van der Waals surface area contributed by atoms with E-state index in [9.17, 15) is 8.42 Å². The summed E-state index contributed by atoms with van der Waals surface area (Å²) in [5.74, 6) is 0.539.